The van der Waals surface area contributed by atoms with Gasteiger partial charge in [0, 0.05) is 19.2 Å². The number of hydrogen-bond acceptors (Lipinski definition) is 5. The normalized spacial score (nSPS) is 11.2. The Morgan fingerprint density at radius 2 is 2.12 bits per heavy atom. The number of carbonyl (C=O) groups excluding carboxylic acids is 1. The summed E-state index contributed by atoms with van der Waals surface area (Å²) in [6.07, 6.45) is 1.08. The molecule has 1 aromatic carbocycles. The maximum absolute atomic E-state index is 11.4. The van der Waals surface area contributed by atoms with E-state index in [9.17, 15) is 13.2 Å². The molecule has 0 aliphatic rings. The highest BCUT2D eigenvalue weighted by atomic mass is 32.2. The van der Waals surface area contributed by atoms with Crippen LogP contribution in [0.2, 0.25) is 0 Å². The summed E-state index contributed by atoms with van der Waals surface area (Å²) in [7, 11) is -1.77. The van der Waals surface area contributed by atoms with Crippen molar-refractivity contribution in [3.05, 3.63) is 29.8 Å². The lowest BCUT2D eigenvalue weighted by molar-refractivity contribution is -0.120. The van der Waals surface area contributed by atoms with Gasteiger partial charge >= 0.3 is 0 Å². The Balaban J connectivity index is 2.56. The molecule has 0 saturated heterocycles. The van der Waals surface area contributed by atoms with Crippen LogP contribution in [-0.4, -0.2) is 34.1 Å². The predicted molar refractivity (Wildman–Crippen MR) is 65.5 cm³/mol. The fraction of sp³-hybridized carbons (Fsp3) is 0.364. The van der Waals surface area contributed by atoms with Crippen molar-refractivity contribution >= 4 is 21.6 Å². The molecule has 1 aromatic rings. The van der Waals surface area contributed by atoms with Crippen molar-refractivity contribution in [2.75, 3.05) is 25.2 Å². The molecule has 94 valence electrons. The molecule has 6 heteroatoms. The fourth-order valence-electron chi connectivity index (χ4n) is 1.29. The Morgan fingerprint density at radius 3 is 2.71 bits per heavy atom. The number of Topliss-reactive ketones (excluding diaryl/α,β-unsaturated/α-hetero) is 1. The molecule has 0 saturated carbocycles. The molecule has 0 fully saturated rings. The van der Waals surface area contributed by atoms with Crippen molar-refractivity contribution in [3.63, 3.8) is 0 Å². The van der Waals surface area contributed by atoms with Crippen molar-refractivity contribution in [1.82, 2.24) is 0 Å². The van der Waals surface area contributed by atoms with Crippen LogP contribution in [-0.2, 0) is 25.5 Å². The summed E-state index contributed by atoms with van der Waals surface area (Å²) in [5, 5.41) is 2.96. The third-order valence-electron chi connectivity index (χ3n) is 2.05. The molecular formula is C11H15NO4S. The van der Waals surface area contributed by atoms with Gasteiger partial charge in [0.25, 0.3) is 10.1 Å². The van der Waals surface area contributed by atoms with Gasteiger partial charge in [0.1, 0.15) is 6.61 Å². The smallest absolute Gasteiger partial charge is 0.264 e. The van der Waals surface area contributed by atoms with Crippen LogP contribution in [0.3, 0.4) is 0 Å². The largest absolute Gasteiger partial charge is 0.388 e. The van der Waals surface area contributed by atoms with E-state index in [1.165, 1.54) is 0 Å². The van der Waals surface area contributed by atoms with Crippen molar-refractivity contribution in [2.24, 2.45) is 0 Å². The summed E-state index contributed by atoms with van der Waals surface area (Å²) >= 11 is 0. The van der Waals surface area contributed by atoms with Crippen LogP contribution in [0.15, 0.2) is 24.3 Å². The molecule has 0 aliphatic carbocycles. The van der Waals surface area contributed by atoms with E-state index in [0.29, 0.717) is 0 Å². The first kappa shape index (κ1) is 13.7. The molecule has 0 aliphatic heterocycles. The summed E-state index contributed by atoms with van der Waals surface area (Å²) in [5.74, 6) is -0.274. The minimum atomic E-state index is -3.56. The van der Waals surface area contributed by atoms with Crippen LogP contribution in [0.25, 0.3) is 0 Å². The summed E-state index contributed by atoms with van der Waals surface area (Å²) in [5.41, 5.74) is 1.72. The highest BCUT2D eigenvalue weighted by molar-refractivity contribution is 7.86. The van der Waals surface area contributed by atoms with E-state index in [-0.39, 0.29) is 12.2 Å². The van der Waals surface area contributed by atoms with E-state index in [1.54, 1.807) is 13.1 Å². The molecule has 5 nitrogen and oxygen atoms in total. The average Bonchev–Trinajstić information content (AvgIpc) is 2.26. The van der Waals surface area contributed by atoms with Gasteiger partial charge in [-0.1, -0.05) is 12.1 Å². The first-order valence-corrected chi connectivity index (χ1v) is 6.85. The van der Waals surface area contributed by atoms with Gasteiger partial charge in [0.15, 0.2) is 5.78 Å². The summed E-state index contributed by atoms with van der Waals surface area (Å²) in [4.78, 5) is 11.4. The number of ketones is 1. The molecule has 1 rings (SSSR count). The molecule has 0 bridgehead atoms. The minimum absolute atomic E-state index is 0.158. The second-order valence-corrected chi connectivity index (χ2v) is 5.28. The quantitative estimate of drug-likeness (QED) is 0.764. The monoisotopic (exact) mass is 257 g/mol. The van der Waals surface area contributed by atoms with Crippen LogP contribution in [0, 0.1) is 0 Å². The van der Waals surface area contributed by atoms with Gasteiger partial charge in [0.2, 0.25) is 0 Å². The van der Waals surface area contributed by atoms with Gasteiger partial charge < -0.3 is 5.32 Å². The van der Waals surface area contributed by atoms with Crippen molar-refractivity contribution in [2.45, 2.75) is 6.42 Å². The number of carbonyl (C=O) groups is 1. The Morgan fingerprint density at radius 1 is 1.41 bits per heavy atom. The van der Waals surface area contributed by atoms with Crippen molar-refractivity contribution in [1.29, 1.82) is 0 Å². The number of hydrogen-bond donors (Lipinski definition) is 1. The van der Waals surface area contributed by atoms with Gasteiger partial charge in [-0.15, -0.1) is 0 Å². The van der Waals surface area contributed by atoms with Gasteiger partial charge in [-0.3, -0.25) is 8.98 Å². The Kier molecular flexibility index (Phi) is 4.65. The predicted octanol–water partition coefficient (Wildman–Crippen LogP) is 0.816. The van der Waals surface area contributed by atoms with Gasteiger partial charge in [-0.05, 0) is 17.7 Å². The average molecular weight is 257 g/mol. The molecule has 0 spiro atoms. The van der Waals surface area contributed by atoms with E-state index in [0.717, 1.165) is 17.5 Å². The van der Waals surface area contributed by atoms with Gasteiger partial charge in [-0.2, -0.15) is 8.42 Å². The third kappa shape index (κ3) is 5.46. The first-order chi connectivity index (χ1) is 7.90. The zero-order valence-electron chi connectivity index (χ0n) is 9.76. The van der Waals surface area contributed by atoms with E-state index in [2.05, 4.69) is 9.50 Å². The number of benzene rings is 1. The molecule has 1 N–H and O–H groups in total. The first-order valence-electron chi connectivity index (χ1n) is 5.03. The molecular weight excluding hydrogens is 242 g/mol. The van der Waals surface area contributed by atoms with Crippen LogP contribution < -0.4 is 5.32 Å². The Labute approximate surface area is 101 Å². The second-order valence-electron chi connectivity index (χ2n) is 3.63. The SMILES string of the molecule is CNc1cccc(CC(=O)COS(C)(=O)=O)c1. The summed E-state index contributed by atoms with van der Waals surface area (Å²) in [6.45, 7) is -0.414. The number of nitrogens with one attached hydrogen (secondary N) is 1. The maximum atomic E-state index is 11.4. The summed E-state index contributed by atoms with van der Waals surface area (Å²) in [6, 6.07) is 7.34. The van der Waals surface area contributed by atoms with Gasteiger partial charge in [-0.25, -0.2) is 0 Å². The van der Waals surface area contributed by atoms with Crippen LogP contribution in [0.1, 0.15) is 5.56 Å². The lowest BCUT2D eigenvalue weighted by atomic mass is 10.1. The second kappa shape index (κ2) is 5.79. The molecule has 0 heterocycles. The molecule has 0 amide bonds. The van der Waals surface area contributed by atoms with Gasteiger partial charge in [0.05, 0.1) is 6.26 Å². The van der Waals surface area contributed by atoms with E-state index in [4.69, 9.17) is 0 Å². The van der Waals surface area contributed by atoms with Crippen molar-refractivity contribution in [3.8, 4) is 0 Å². The van der Waals surface area contributed by atoms with E-state index >= 15 is 0 Å². The fourth-order valence-corrected chi connectivity index (χ4v) is 1.63. The number of rotatable bonds is 6. The topological polar surface area (TPSA) is 72.5 Å². The zero-order valence-corrected chi connectivity index (χ0v) is 10.6. The molecule has 0 atom stereocenters. The van der Waals surface area contributed by atoms with Crippen LogP contribution >= 0.6 is 0 Å². The Bertz CT molecular complexity index is 496. The lowest BCUT2D eigenvalue weighted by Gasteiger charge is -2.04. The van der Waals surface area contributed by atoms with Crippen molar-refractivity contribution < 1.29 is 17.4 Å². The van der Waals surface area contributed by atoms with Crippen LogP contribution in [0.5, 0.6) is 0 Å². The maximum Gasteiger partial charge on any atom is 0.264 e. The lowest BCUT2D eigenvalue weighted by Crippen LogP contribution is -2.15. The molecule has 0 radical (unpaired) electrons. The summed E-state index contributed by atoms with van der Waals surface area (Å²) < 4.78 is 25.8. The zero-order chi connectivity index (χ0) is 12.9. The molecule has 0 unspecified atom stereocenters. The molecule has 17 heavy (non-hydrogen) atoms. The van der Waals surface area contributed by atoms with E-state index < -0.39 is 16.7 Å². The van der Waals surface area contributed by atoms with E-state index in [1.807, 2.05) is 18.2 Å². The highest BCUT2D eigenvalue weighted by Gasteiger charge is 2.09. The highest BCUT2D eigenvalue weighted by Crippen LogP contribution is 2.10. The number of anilines is 1. The van der Waals surface area contributed by atoms with Crippen LogP contribution in [0.4, 0.5) is 5.69 Å². The Hall–Kier alpha value is -1.40. The minimum Gasteiger partial charge on any atom is -0.388 e. The standard InChI is InChI=1S/C11H15NO4S/c1-12-10-5-3-4-9(6-10)7-11(13)8-16-17(2,14)15/h3-6,12H,7-8H2,1-2H3. The third-order valence-corrected chi connectivity index (χ3v) is 2.60. The molecule has 0 aromatic heterocycles.